The van der Waals surface area contributed by atoms with E-state index in [-0.39, 0.29) is 0 Å². The molecule has 1 unspecified atom stereocenters. The van der Waals surface area contributed by atoms with Gasteiger partial charge in [0.05, 0.1) is 0 Å². The largest absolute Gasteiger partial charge is 0.310 e. The third-order valence-corrected chi connectivity index (χ3v) is 4.67. The van der Waals surface area contributed by atoms with Gasteiger partial charge in [-0.05, 0) is 24.9 Å². The number of hydrogen-bond donors (Lipinski definition) is 1. The summed E-state index contributed by atoms with van der Waals surface area (Å²) in [5.74, 6) is 0. The SMILES string of the molecule is CCN1CCN(C(C)CNCc2cccs2)CC1. The van der Waals surface area contributed by atoms with Crippen LogP contribution >= 0.6 is 11.3 Å². The second kappa shape index (κ2) is 7.24. The van der Waals surface area contributed by atoms with Gasteiger partial charge in [0.25, 0.3) is 0 Å². The third kappa shape index (κ3) is 4.05. The topological polar surface area (TPSA) is 18.5 Å². The van der Waals surface area contributed by atoms with E-state index in [0.717, 1.165) is 13.1 Å². The number of piperazine rings is 1. The van der Waals surface area contributed by atoms with Crippen LogP contribution in [0.25, 0.3) is 0 Å². The summed E-state index contributed by atoms with van der Waals surface area (Å²) in [6, 6.07) is 4.96. The van der Waals surface area contributed by atoms with Gasteiger partial charge in [-0.1, -0.05) is 13.0 Å². The van der Waals surface area contributed by atoms with Gasteiger partial charge in [-0.25, -0.2) is 0 Å². The van der Waals surface area contributed by atoms with Crippen molar-refractivity contribution in [3.8, 4) is 0 Å². The first kappa shape index (κ1) is 14.0. The molecule has 1 fully saturated rings. The lowest BCUT2D eigenvalue weighted by Gasteiger charge is -2.37. The molecule has 0 aliphatic carbocycles. The molecule has 1 saturated heterocycles. The number of likely N-dealkylation sites (N-methyl/N-ethyl adjacent to an activating group) is 1. The van der Waals surface area contributed by atoms with E-state index in [0.29, 0.717) is 6.04 Å². The van der Waals surface area contributed by atoms with Crippen molar-refractivity contribution >= 4 is 11.3 Å². The Morgan fingerprint density at radius 1 is 1.33 bits per heavy atom. The molecule has 0 aromatic carbocycles. The first-order valence-electron chi connectivity index (χ1n) is 6.99. The molecule has 0 saturated carbocycles. The summed E-state index contributed by atoms with van der Waals surface area (Å²) in [6.45, 7) is 12.8. The molecule has 0 spiro atoms. The van der Waals surface area contributed by atoms with Gasteiger partial charge < -0.3 is 10.2 Å². The predicted molar refractivity (Wildman–Crippen MR) is 79.2 cm³/mol. The van der Waals surface area contributed by atoms with E-state index in [4.69, 9.17) is 0 Å². The van der Waals surface area contributed by atoms with E-state index in [9.17, 15) is 0 Å². The first-order chi connectivity index (χ1) is 8.79. The highest BCUT2D eigenvalue weighted by Gasteiger charge is 2.19. The summed E-state index contributed by atoms with van der Waals surface area (Å²) < 4.78 is 0. The number of hydrogen-bond acceptors (Lipinski definition) is 4. The molecule has 1 N–H and O–H groups in total. The summed E-state index contributed by atoms with van der Waals surface area (Å²) in [5.41, 5.74) is 0. The molecule has 2 heterocycles. The van der Waals surface area contributed by atoms with E-state index in [1.54, 1.807) is 0 Å². The smallest absolute Gasteiger partial charge is 0.0300 e. The number of nitrogens with one attached hydrogen (secondary N) is 1. The van der Waals surface area contributed by atoms with Crippen LogP contribution in [-0.4, -0.2) is 55.1 Å². The Morgan fingerprint density at radius 2 is 2.11 bits per heavy atom. The van der Waals surface area contributed by atoms with Crippen molar-refractivity contribution in [2.24, 2.45) is 0 Å². The van der Waals surface area contributed by atoms with Gasteiger partial charge in [0, 0.05) is 50.2 Å². The van der Waals surface area contributed by atoms with E-state index in [1.165, 1.54) is 37.6 Å². The molecule has 2 rings (SSSR count). The van der Waals surface area contributed by atoms with Gasteiger partial charge in [0.2, 0.25) is 0 Å². The second-order valence-corrected chi connectivity index (χ2v) is 6.06. The molecular weight excluding hydrogens is 242 g/mol. The highest BCUT2D eigenvalue weighted by molar-refractivity contribution is 7.09. The van der Waals surface area contributed by atoms with E-state index >= 15 is 0 Å². The van der Waals surface area contributed by atoms with Crippen LogP contribution in [0.3, 0.4) is 0 Å². The molecule has 1 aliphatic heterocycles. The lowest BCUT2D eigenvalue weighted by atomic mass is 10.2. The van der Waals surface area contributed by atoms with Gasteiger partial charge in [-0.15, -0.1) is 11.3 Å². The zero-order chi connectivity index (χ0) is 12.8. The zero-order valence-corrected chi connectivity index (χ0v) is 12.4. The highest BCUT2D eigenvalue weighted by atomic mass is 32.1. The van der Waals surface area contributed by atoms with Crippen molar-refractivity contribution in [2.75, 3.05) is 39.3 Å². The average Bonchev–Trinajstić information content (AvgIpc) is 2.92. The van der Waals surface area contributed by atoms with Crippen LogP contribution < -0.4 is 5.32 Å². The maximum Gasteiger partial charge on any atom is 0.0300 e. The van der Waals surface area contributed by atoms with Crippen molar-refractivity contribution in [2.45, 2.75) is 26.4 Å². The minimum Gasteiger partial charge on any atom is -0.310 e. The van der Waals surface area contributed by atoms with Gasteiger partial charge in [0.15, 0.2) is 0 Å². The minimum absolute atomic E-state index is 0.643. The van der Waals surface area contributed by atoms with Gasteiger partial charge >= 0.3 is 0 Å². The van der Waals surface area contributed by atoms with Crippen LogP contribution in [-0.2, 0) is 6.54 Å². The Kier molecular flexibility index (Phi) is 5.63. The molecule has 1 aromatic rings. The molecule has 1 aromatic heterocycles. The fraction of sp³-hybridized carbons (Fsp3) is 0.714. The molecule has 4 heteroatoms. The molecule has 0 bridgehead atoms. The maximum atomic E-state index is 3.57. The van der Waals surface area contributed by atoms with Crippen LogP contribution in [0.1, 0.15) is 18.7 Å². The normalized spacial score (nSPS) is 20.1. The van der Waals surface area contributed by atoms with Gasteiger partial charge in [-0.2, -0.15) is 0 Å². The molecule has 1 aliphatic rings. The predicted octanol–water partition coefficient (Wildman–Crippen LogP) is 1.86. The molecule has 1 atom stereocenters. The fourth-order valence-corrected chi connectivity index (χ4v) is 3.14. The van der Waals surface area contributed by atoms with Crippen molar-refractivity contribution < 1.29 is 0 Å². The van der Waals surface area contributed by atoms with Crippen molar-refractivity contribution in [1.29, 1.82) is 0 Å². The lowest BCUT2D eigenvalue weighted by molar-refractivity contribution is 0.105. The standard InChI is InChI=1S/C14H25N3S/c1-3-16-6-8-17(9-7-16)13(2)11-15-12-14-5-4-10-18-14/h4-5,10,13,15H,3,6-9,11-12H2,1-2H3. The molecule has 3 nitrogen and oxygen atoms in total. The Bertz CT molecular complexity index is 318. The Labute approximate surface area is 115 Å². The minimum atomic E-state index is 0.643. The third-order valence-electron chi connectivity index (χ3n) is 3.80. The highest BCUT2D eigenvalue weighted by Crippen LogP contribution is 2.08. The summed E-state index contributed by atoms with van der Waals surface area (Å²) >= 11 is 1.83. The molecule has 0 amide bonds. The van der Waals surface area contributed by atoms with Crippen LogP contribution in [0.15, 0.2) is 17.5 Å². The van der Waals surface area contributed by atoms with Crippen LogP contribution in [0.2, 0.25) is 0 Å². The van der Waals surface area contributed by atoms with Crippen molar-refractivity contribution in [3.63, 3.8) is 0 Å². The van der Waals surface area contributed by atoms with E-state index in [1.807, 2.05) is 11.3 Å². The van der Waals surface area contributed by atoms with Crippen LogP contribution in [0.5, 0.6) is 0 Å². The van der Waals surface area contributed by atoms with E-state index in [2.05, 4.69) is 46.5 Å². The van der Waals surface area contributed by atoms with E-state index < -0.39 is 0 Å². The Balaban J connectivity index is 1.64. The van der Waals surface area contributed by atoms with Crippen molar-refractivity contribution in [3.05, 3.63) is 22.4 Å². The zero-order valence-electron chi connectivity index (χ0n) is 11.6. The quantitative estimate of drug-likeness (QED) is 0.849. The first-order valence-corrected chi connectivity index (χ1v) is 7.87. The summed E-state index contributed by atoms with van der Waals surface area (Å²) in [6.07, 6.45) is 0. The number of thiophene rings is 1. The second-order valence-electron chi connectivity index (χ2n) is 5.03. The molecule has 18 heavy (non-hydrogen) atoms. The average molecular weight is 267 g/mol. The van der Waals surface area contributed by atoms with Gasteiger partial charge in [-0.3, -0.25) is 4.90 Å². The monoisotopic (exact) mass is 267 g/mol. The summed E-state index contributed by atoms with van der Waals surface area (Å²) in [7, 11) is 0. The van der Waals surface area contributed by atoms with Crippen molar-refractivity contribution in [1.82, 2.24) is 15.1 Å². The number of rotatable bonds is 6. The lowest BCUT2D eigenvalue weighted by Crippen LogP contribution is -2.51. The summed E-state index contributed by atoms with van der Waals surface area (Å²) in [5, 5.41) is 5.71. The maximum absolute atomic E-state index is 3.57. The fourth-order valence-electron chi connectivity index (χ4n) is 2.47. The Hall–Kier alpha value is -0.420. The summed E-state index contributed by atoms with van der Waals surface area (Å²) in [4.78, 5) is 6.56. The Morgan fingerprint density at radius 3 is 2.72 bits per heavy atom. The molecule has 0 radical (unpaired) electrons. The number of nitrogens with zero attached hydrogens (tertiary/aromatic N) is 2. The van der Waals surface area contributed by atoms with Crippen LogP contribution in [0, 0.1) is 0 Å². The molecule has 102 valence electrons. The van der Waals surface area contributed by atoms with Gasteiger partial charge in [0.1, 0.15) is 0 Å². The van der Waals surface area contributed by atoms with Crippen LogP contribution in [0.4, 0.5) is 0 Å². The molecular formula is C14H25N3S.